The van der Waals surface area contributed by atoms with Gasteiger partial charge in [0.25, 0.3) is 20.2 Å². The molecule has 0 bridgehead atoms. The van der Waals surface area contributed by atoms with Crippen LogP contribution in [0.3, 0.4) is 0 Å². The van der Waals surface area contributed by atoms with Crippen molar-refractivity contribution < 1.29 is 70.9 Å². The minimum atomic E-state index is -4.25. The molecule has 0 saturated carbocycles. The van der Waals surface area contributed by atoms with E-state index in [0.717, 1.165) is 0 Å². The largest absolute Gasteiger partial charge is 1.00 e. The number of amides is 2. The Morgan fingerprint density at radius 3 is 2.00 bits per heavy atom. The molecule has 0 spiro atoms. The van der Waals surface area contributed by atoms with Crippen LogP contribution in [0.1, 0.15) is 56.3 Å². The van der Waals surface area contributed by atoms with Crippen LogP contribution in [0.2, 0.25) is 0 Å². The fourth-order valence-corrected chi connectivity index (χ4v) is 3.99. The summed E-state index contributed by atoms with van der Waals surface area (Å²) < 4.78 is 63.9. The van der Waals surface area contributed by atoms with Crippen molar-refractivity contribution >= 4 is 32.2 Å². The van der Waals surface area contributed by atoms with Gasteiger partial charge in [0.05, 0.1) is 18.1 Å². The Hall–Kier alpha value is -0.440. The maximum absolute atomic E-state index is 12.5. The third-order valence-corrected chi connectivity index (χ3v) is 5.86. The van der Waals surface area contributed by atoms with E-state index in [4.69, 9.17) is 13.5 Å². The first-order valence-corrected chi connectivity index (χ1v) is 13.0. The van der Waals surface area contributed by atoms with Crippen LogP contribution in [0.5, 0.6) is 0 Å². The average molecular weight is 513 g/mol. The zero-order valence-electron chi connectivity index (χ0n) is 21.2. The Morgan fingerprint density at radius 2 is 1.56 bits per heavy atom. The molecule has 2 amide bonds. The van der Waals surface area contributed by atoms with Crippen molar-refractivity contribution in [3.8, 4) is 0 Å². The van der Waals surface area contributed by atoms with Crippen molar-refractivity contribution in [1.29, 1.82) is 0 Å². The van der Waals surface area contributed by atoms with Crippen molar-refractivity contribution in [2.45, 2.75) is 66.5 Å². The second-order valence-corrected chi connectivity index (χ2v) is 12.7. The molecule has 0 aliphatic heterocycles. The molecule has 186 valence electrons. The van der Waals surface area contributed by atoms with Gasteiger partial charge in [-0.05, 0) is 33.1 Å². The van der Waals surface area contributed by atoms with Crippen molar-refractivity contribution in [3.05, 3.63) is 0 Å². The normalized spacial score (nSPS) is 13.8. The smallest absolute Gasteiger partial charge is 1.00 e. The van der Waals surface area contributed by atoms with Gasteiger partial charge in [-0.3, -0.25) is 13.5 Å². The standard InChI is InChI=1S/C18H36N2O9S2.Na.H/c1-13(2)14(20-16(22)29-17(3,4)5)15(21)19-11-18(6,7)12-28-31(26,27)10-8-9-30(23,24)25;;/h13-14H,8-12H2,1-7H3,(H,19,21)(H,20,22)(H,23,24,25);;/q;+1;-1/t14-;;/m0../s1. The van der Waals surface area contributed by atoms with Gasteiger partial charge in [-0.1, -0.05) is 27.7 Å². The summed E-state index contributed by atoms with van der Waals surface area (Å²) >= 11 is 0. The van der Waals surface area contributed by atoms with Gasteiger partial charge in [-0.25, -0.2) is 4.79 Å². The number of nitrogens with one attached hydrogen (secondary N) is 2. The van der Waals surface area contributed by atoms with Gasteiger partial charge in [-0.15, -0.1) is 0 Å². The van der Waals surface area contributed by atoms with Gasteiger partial charge < -0.3 is 16.8 Å². The summed E-state index contributed by atoms with van der Waals surface area (Å²) in [6.45, 7) is 11.8. The molecule has 0 saturated heterocycles. The molecular weight excluding hydrogens is 475 g/mol. The van der Waals surface area contributed by atoms with E-state index in [1.165, 1.54) is 0 Å². The van der Waals surface area contributed by atoms with E-state index < -0.39 is 60.8 Å². The molecule has 0 aliphatic carbocycles. The quantitative estimate of drug-likeness (QED) is 0.159. The van der Waals surface area contributed by atoms with Gasteiger partial charge >= 0.3 is 35.7 Å². The van der Waals surface area contributed by atoms with E-state index in [2.05, 4.69) is 10.6 Å². The van der Waals surface area contributed by atoms with E-state index >= 15 is 0 Å². The second-order valence-electron chi connectivity index (χ2n) is 9.41. The minimum absolute atomic E-state index is 0. The fourth-order valence-electron chi connectivity index (χ4n) is 2.18. The zero-order valence-corrected chi connectivity index (χ0v) is 23.9. The number of hydrogen-bond donors (Lipinski definition) is 3. The van der Waals surface area contributed by atoms with Crippen molar-refractivity contribution in [2.24, 2.45) is 11.3 Å². The van der Waals surface area contributed by atoms with Crippen LogP contribution in [0.15, 0.2) is 0 Å². The van der Waals surface area contributed by atoms with Crippen molar-refractivity contribution in [3.63, 3.8) is 0 Å². The SMILES string of the molecule is CC(C)[C@H](NC(=O)OC(C)(C)C)C(=O)NCC(C)(C)COS(=O)(=O)CCCS(=O)(=O)O.[H-].[Na+]. The average Bonchev–Trinajstić information content (AvgIpc) is 2.53. The summed E-state index contributed by atoms with van der Waals surface area (Å²) in [6.07, 6.45) is -1.02. The first-order chi connectivity index (χ1) is 13.7. The molecule has 0 fully saturated rings. The number of carbonyl (C=O) groups is 2. The van der Waals surface area contributed by atoms with E-state index in [9.17, 15) is 26.4 Å². The summed E-state index contributed by atoms with van der Waals surface area (Å²) in [7, 11) is -8.25. The molecule has 0 rings (SSSR count). The molecule has 11 nitrogen and oxygen atoms in total. The summed E-state index contributed by atoms with van der Waals surface area (Å²) in [6, 6.07) is -0.851. The van der Waals surface area contributed by atoms with Crippen LogP contribution in [-0.4, -0.2) is 69.7 Å². The van der Waals surface area contributed by atoms with Crippen LogP contribution >= 0.6 is 0 Å². The third kappa shape index (κ3) is 17.1. The van der Waals surface area contributed by atoms with Gasteiger partial charge in [0.15, 0.2) is 0 Å². The Bertz CT molecular complexity index is 826. The number of carbonyl (C=O) groups excluding carboxylic acids is 2. The van der Waals surface area contributed by atoms with Gasteiger partial charge in [0, 0.05) is 12.0 Å². The summed E-state index contributed by atoms with van der Waals surface area (Å²) in [5, 5.41) is 5.21. The molecule has 3 N–H and O–H groups in total. The maximum Gasteiger partial charge on any atom is 1.00 e. The maximum atomic E-state index is 12.5. The summed E-state index contributed by atoms with van der Waals surface area (Å²) in [4.78, 5) is 24.5. The number of hydrogen-bond acceptors (Lipinski definition) is 8. The van der Waals surface area contributed by atoms with Crippen LogP contribution in [0.4, 0.5) is 4.79 Å². The number of rotatable bonds is 12. The Balaban J connectivity index is -0.00000450. The monoisotopic (exact) mass is 512 g/mol. The molecule has 0 aromatic heterocycles. The van der Waals surface area contributed by atoms with E-state index in [1.54, 1.807) is 48.5 Å². The first-order valence-electron chi connectivity index (χ1n) is 9.82. The van der Waals surface area contributed by atoms with Gasteiger partial charge in [-0.2, -0.15) is 16.8 Å². The second kappa shape index (κ2) is 13.4. The predicted molar refractivity (Wildman–Crippen MR) is 117 cm³/mol. The van der Waals surface area contributed by atoms with Crippen LogP contribution in [0, 0.1) is 11.3 Å². The molecule has 0 radical (unpaired) electrons. The molecule has 14 heteroatoms. The molecule has 0 aromatic rings. The number of alkyl carbamates (subject to hydrolysis) is 1. The number of ether oxygens (including phenoxy) is 1. The third-order valence-electron chi connectivity index (χ3n) is 3.79. The molecule has 0 unspecified atom stereocenters. The molecule has 1 atom stereocenters. The van der Waals surface area contributed by atoms with Crippen molar-refractivity contribution in [2.75, 3.05) is 24.7 Å². The van der Waals surface area contributed by atoms with Crippen LogP contribution < -0.4 is 40.2 Å². The topological polar surface area (TPSA) is 165 Å². The van der Waals surface area contributed by atoms with E-state index in [1.807, 2.05) is 0 Å². The molecule has 0 heterocycles. The Labute approximate surface area is 215 Å². The molecule has 32 heavy (non-hydrogen) atoms. The zero-order chi connectivity index (χ0) is 24.7. The Morgan fingerprint density at radius 1 is 1.03 bits per heavy atom. The van der Waals surface area contributed by atoms with Gasteiger partial charge in [0.2, 0.25) is 5.91 Å². The summed E-state index contributed by atoms with van der Waals surface area (Å²) in [5.74, 6) is -1.93. The van der Waals surface area contributed by atoms with E-state index in [0.29, 0.717) is 0 Å². The van der Waals surface area contributed by atoms with Crippen LogP contribution in [0.25, 0.3) is 0 Å². The van der Waals surface area contributed by atoms with Crippen molar-refractivity contribution in [1.82, 2.24) is 10.6 Å². The summed E-state index contributed by atoms with van der Waals surface area (Å²) in [5.41, 5.74) is -1.49. The van der Waals surface area contributed by atoms with Crippen LogP contribution in [-0.2, 0) is 34.0 Å². The molecular formula is C18H37N2NaO9S2. The minimum Gasteiger partial charge on any atom is -1.00 e. The Kier molecular flexibility index (Phi) is 14.2. The fraction of sp³-hybridized carbons (Fsp3) is 0.889. The molecule has 0 aromatic carbocycles. The van der Waals surface area contributed by atoms with Gasteiger partial charge in [0.1, 0.15) is 11.6 Å². The van der Waals surface area contributed by atoms with E-state index in [-0.39, 0.29) is 56.5 Å². The molecule has 0 aliphatic rings. The first kappa shape index (κ1) is 33.7. The predicted octanol–water partition coefficient (Wildman–Crippen LogP) is -1.58.